The maximum atomic E-state index is 12.8. The van der Waals surface area contributed by atoms with Crippen molar-refractivity contribution < 1.29 is 23.9 Å². The summed E-state index contributed by atoms with van der Waals surface area (Å²) in [6, 6.07) is 3.74. The molecule has 0 aromatic carbocycles. The van der Waals surface area contributed by atoms with Gasteiger partial charge in [-0.15, -0.1) is 0 Å². The predicted molar refractivity (Wildman–Crippen MR) is 150 cm³/mol. The van der Waals surface area contributed by atoms with E-state index in [9.17, 15) is 14.4 Å². The largest absolute Gasteiger partial charge is 0.449 e. The highest BCUT2D eigenvalue weighted by Crippen LogP contribution is 2.29. The zero-order valence-corrected chi connectivity index (χ0v) is 24.2. The van der Waals surface area contributed by atoms with Crippen molar-refractivity contribution in [3.05, 3.63) is 18.6 Å². The van der Waals surface area contributed by atoms with Crippen molar-refractivity contribution in [2.24, 2.45) is 5.92 Å². The molecule has 0 spiro atoms. The number of hydrogen-bond donors (Lipinski definition) is 1. The van der Waals surface area contributed by atoms with Crippen LogP contribution in [0.15, 0.2) is 18.6 Å². The van der Waals surface area contributed by atoms with Crippen LogP contribution in [-0.2, 0) is 14.3 Å². The first-order chi connectivity index (χ1) is 19.0. The molecule has 0 bridgehead atoms. The van der Waals surface area contributed by atoms with Crippen LogP contribution in [-0.4, -0.2) is 82.5 Å². The third kappa shape index (κ3) is 8.31. The molecule has 218 valence electrons. The van der Waals surface area contributed by atoms with Crippen LogP contribution in [0.4, 0.5) is 15.4 Å². The molecule has 1 aliphatic rings. The van der Waals surface area contributed by atoms with Gasteiger partial charge in [0.25, 0.3) is 0 Å². The number of amides is 2. The first kappa shape index (κ1) is 30.7. The highest BCUT2D eigenvalue weighted by Gasteiger charge is 2.33. The Morgan fingerprint density at radius 1 is 1.20 bits per heavy atom. The summed E-state index contributed by atoms with van der Waals surface area (Å²) in [5.74, 6) is 0.816. The van der Waals surface area contributed by atoms with Crippen LogP contribution in [0.2, 0.25) is 0 Å². The molecule has 3 heterocycles. The van der Waals surface area contributed by atoms with Gasteiger partial charge in [-0.2, -0.15) is 5.26 Å². The van der Waals surface area contributed by atoms with E-state index in [4.69, 9.17) is 14.7 Å². The zero-order chi connectivity index (χ0) is 29.3. The summed E-state index contributed by atoms with van der Waals surface area (Å²) in [4.78, 5) is 49.4. The van der Waals surface area contributed by atoms with Gasteiger partial charge >= 0.3 is 12.2 Å². The number of carbonyl (C=O) groups is 3. The number of nitrogens with zero attached hydrogens (tertiary/aromatic N) is 6. The maximum Gasteiger partial charge on any atom is 0.419 e. The lowest BCUT2D eigenvalue weighted by Crippen LogP contribution is -2.52. The molecule has 12 heteroatoms. The van der Waals surface area contributed by atoms with Gasteiger partial charge in [-0.3, -0.25) is 4.79 Å². The fourth-order valence-corrected chi connectivity index (χ4v) is 4.80. The number of aromatic nitrogens is 3. The number of nitrogens with one attached hydrogen (secondary N) is 1. The van der Waals surface area contributed by atoms with Gasteiger partial charge in [-0.25, -0.2) is 24.1 Å². The molecule has 2 aromatic heterocycles. The molecule has 0 saturated carbocycles. The molecule has 3 rings (SSSR count). The lowest BCUT2D eigenvalue weighted by molar-refractivity contribution is -0.131. The minimum atomic E-state index is -0.515. The molecule has 12 nitrogen and oxygen atoms in total. The smallest absolute Gasteiger partial charge is 0.419 e. The van der Waals surface area contributed by atoms with E-state index in [1.54, 1.807) is 17.2 Å². The number of rotatable bonds is 10. The molecule has 2 amide bonds. The van der Waals surface area contributed by atoms with Gasteiger partial charge in [0, 0.05) is 32.9 Å². The minimum Gasteiger partial charge on any atom is -0.449 e. The van der Waals surface area contributed by atoms with Crippen molar-refractivity contribution in [3.8, 4) is 6.07 Å². The number of hydrogen-bond acceptors (Lipinski definition) is 9. The molecular weight excluding hydrogens is 514 g/mol. The van der Waals surface area contributed by atoms with Crippen LogP contribution in [0, 0.1) is 17.2 Å². The summed E-state index contributed by atoms with van der Waals surface area (Å²) in [6.07, 6.45) is 6.11. The summed E-state index contributed by atoms with van der Waals surface area (Å²) >= 11 is 0. The summed E-state index contributed by atoms with van der Waals surface area (Å²) in [5.41, 5.74) is -0.0602. The number of unbranched alkanes of at least 4 members (excludes halogenated alkanes) is 3. The summed E-state index contributed by atoms with van der Waals surface area (Å²) in [5, 5.41) is 12.4. The summed E-state index contributed by atoms with van der Waals surface area (Å²) in [6.45, 7) is 9.57. The number of likely N-dealkylation sites (N-methyl/N-ethyl adjacent to an activating group) is 1. The van der Waals surface area contributed by atoms with Crippen LogP contribution in [0.5, 0.6) is 0 Å². The SMILES string of the molecule is C[C@@H]1CCN(C(=O)CC#N)C[C@@H]1N(C)c1ncnc2c1ccn2C(=O)OCCCCCCNC(=O)OC(C)(C)C. The lowest BCUT2D eigenvalue weighted by atomic mass is 9.92. The van der Waals surface area contributed by atoms with E-state index < -0.39 is 17.8 Å². The quantitative estimate of drug-likeness (QED) is 0.429. The Hall–Kier alpha value is -3.88. The number of ether oxygens (including phenoxy) is 2. The van der Waals surface area contributed by atoms with E-state index >= 15 is 0 Å². The Labute approximate surface area is 235 Å². The van der Waals surface area contributed by atoms with Crippen molar-refractivity contribution in [3.63, 3.8) is 0 Å². The Morgan fingerprint density at radius 3 is 2.67 bits per heavy atom. The van der Waals surface area contributed by atoms with E-state index in [-0.39, 0.29) is 25.0 Å². The third-order valence-corrected chi connectivity index (χ3v) is 6.96. The van der Waals surface area contributed by atoms with Crippen molar-refractivity contribution in [1.82, 2.24) is 24.8 Å². The number of nitriles is 1. The van der Waals surface area contributed by atoms with E-state index in [0.717, 1.165) is 25.7 Å². The van der Waals surface area contributed by atoms with Crippen molar-refractivity contribution in [1.29, 1.82) is 5.26 Å². The Morgan fingerprint density at radius 2 is 1.95 bits per heavy atom. The first-order valence-corrected chi connectivity index (χ1v) is 13.9. The standard InChI is InChI=1S/C28H41N7O5/c1-20-11-15-34(23(36)10-13-29)18-22(20)33(5)24-21-12-16-35(25(21)32-19-31-24)27(38)39-17-9-7-6-8-14-30-26(37)40-28(2,3)4/h12,16,19-20,22H,6-11,14-15,17-18H2,1-5H3,(H,30,37)/t20-,22+/m1/s1. The monoisotopic (exact) mass is 555 g/mol. The second-order valence-electron chi connectivity index (χ2n) is 11.2. The van der Waals surface area contributed by atoms with Crippen LogP contribution in [0.25, 0.3) is 11.0 Å². The Kier molecular flexibility index (Phi) is 10.7. The number of alkyl carbamates (subject to hydrolysis) is 1. The normalized spacial score (nSPS) is 17.2. The summed E-state index contributed by atoms with van der Waals surface area (Å²) < 4.78 is 12.1. The predicted octanol–water partition coefficient (Wildman–Crippen LogP) is 4.09. The van der Waals surface area contributed by atoms with Gasteiger partial charge in [0.2, 0.25) is 5.91 Å². The van der Waals surface area contributed by atoms with Crippen molar-refractivity contribution in [2.75, 3.05) is 38.2 Å². The van der Waals surface area contributed by atoms with Crippen LogP contribution in [0.3, 0.4) is 0 Å². The second kappa shape index (κ2) is 14.0. The Bertz CT molecular complexity index is 1220. The number of piperidine rings is 1. The van der Waals surface area contributed by atoms with Crippen molar-refractivity contribution >= 4 is 34.9 Å². The highest BCUT2D eigenvalue weighted by molar-refractivity contribution is 5.93. The van der Waals surface area contributed by atoms with Crippen LogP contribution in [0.1, 0.15) is 66.2 Å². The lowest BCUT2D eigenvalue weighted by Gasteiger charge is -2.42. The number of likely N-dealkylation sites (tertiary alicyclic amines) is 1. The molecule has 1 N–H and O–H groups in total. The average molecular weight is 556 g/mol. The molecule has 0 radical (unpaired) electrons. The van der Waals surface area contributed by atoms with Crippen LogP contribution < -0.4 is 10.2 Å². The number of fused-ring (bicyclic) bond motifs is 1. The van der Waals surface area contributed by atoms with Gasteiger partial charge < -0.3 is 24.6 Å². The zero-order valence-electron chi connectivity index (χ0n) is 24.2. The fourth-order valence-electron chi connectivity index (χ4n) is 4.80. The number of carbonyl (C=O) groups excluding carboxylic acids is 3. The molecule has 2 aromatic rings. The molecule has 1 fully saturated rings. The van der Waals surface area contributed by atoms with Crippen molar-refractivity contribution in [2.45, 2.75) is 77.9 Å². The van der Waals surface area contributed by atoms with E-state index in [0.29, 0.717) is 48.8 Å². The summed E-state index contributed by atoms with van der Waals surface area (Å²) in [7, 11) is 1.93. The second-order valence-corrected chi connectivity index (χ2v) is 11.2. The first-order valence-electron chi connectivity index (χ1n) is 13.9. The van der Waals surface area contributed by atoms with Crippen LogP contribution >= 0.6 is 0 Å². The molecular formula is C28H41N7O5. The van der Waals surface area contributed by atoms with E-state index in [1.807, 2.05) is 38.8 Å². The molecule has 2 atom stereocenters. The fraction of sp³-hybridized carbons (Fsp3) is 0.643. The topological polar surface area (TPSA) is 143 Å². The van der Waals surface area contributed by atoms with Gasteiger partial charge in [0.1, 0.15) is 24.2 Å². The van der Waals surface area contributed by atoms with Gasteiger partial charge in [0.15, 0.2) is 5.65 Å². The molecule has 0 unspecified atom stereocenters. The van der Waals surface area contributed by atoms with Gasteiger partial charge in [-0.05, 0) is 58.4 Å². The third-order valence-electron chi connectivity index (χ3n) is 6.96. The molecule has 1 aliphatic heterocycles. The van der Waals surface area contributed by atoms with E-state index in [2.05, 4.69) is 22.2 Å². The minimum absolute atomic E-state index is 0.00382. The van der Waals surface area contributed by atoms with Gasteiger partial charge in [0.05, 0.1) is 24.1 Å². The van der Waals surface area contributed by atoms with E-state index in [1.165, 1.54) is 10.9 Å². The molecule has 0 aliphatic carbocycles. The molecule has 1 saturated heterocycles. The number of anilines is 1. The Balaban J connectivity index is 1.51. The molecule has 40 heavy (non-hydrogen) atoms. The maximum absolute atomic E-state index is 12.8. The average Bonchev–Trinajstić information content (AvgIpc) is 3.33. The highest BCUT2D eigenvalue weighted by atomic mass is 16.6. The van der Waals surface area contributed by atoms with Gasteiger partial charge in [-0.1, -0.05) is 13.3 Å².